The molecule has 0 aliphatic heterocycles. The molecule has 0 spiro atoms. The normalized spacial score (nSPS) is 5.71. The average Bonchev–Trinajstić information content (AvgIpc) is 1.41. The second-order valence-corrected chi connectivity index (χ2v) is 1.30. The summed E-state index contributed by atoms with van der Waals surface area (Å²) in [5.41, 5.74) is 0. The van der Waals surface area contributed by atoms with Crippen LogP contribution in [0, 0.1) is 0 Å². The van der Waals surface area contributed by atoms with Crippen molar-refractivity contribution in [2.75, 3.05) is 6.61 Å². The first-order valence-electron chi connectivity index (χ1n) is 1.70. The predicted molar refractivity (Wildman–Crippen MR) is 30.7 cm³/mol. The van der Waals surface area contributed by atoms with Crippen molar-refractivity contribution in [2.45, 2.75) is 13.3 Å². The second-order valence-electron chi connectivity index (χ2n) is 0.848. The molecule has 0 fully saturated rings. The molecule has 0 saturated heterocycles. The van der Waals surface area contributed by atoms with Crippen LogP contribution < -0.4 is 0 Å². The Morgan fingerprint density at radius 3 is 1.86 bits per heavy atom. The Bertz CT molecular complexity index is 20.4. The quantitative estimate of drug-likeness (QED) is 0.587. The van der Waals surface area contributed by atoms with E-state index >= 15 is 0 Å². The van der Waals surface area contributed by atoms with Crippen molar-refractivity contribution in [1.29, 1.82) is 0 Å². The van der Waals surface area contributed by atoms with Crippen molar-refractivity contribution in [3.05, 3.63) is 0 Å². The van der Waals surface area contributed by atoms with Crippen LogP contribution in [0.5, 0.6) is 0 Å². The van der Waals surface area contributed by atoms with E-state index in [0.29, 0.717) is 0 Å². The van der Waals surface area contributed by atoms with Gasteiger partial charge in [-0.25, -0.2) is 0 Å². The van der Waals surface area contributed by atoms with Gasteiger partial charge in [-0.3, -0.25) is 0 Å². The van der Waals surface area contributed by atoms with Gasteiger partial charge in [-0.1, -0.05) is 0 Å². The number of hydrogen-bond acceptors (Lipinski definition) is 1. The van der Waals surface area contributed by atoms with E-state index in [1.807, 2.05) is 0 Å². The van der Waals surface area contributed by atoms with Gasteiger partial charge in [-0.15, -0.1) is 24.8 Å². The molecule has 0 saturated carbocycles. The van der Waals surface area contributed by atoms with Crippen LogP contribution in [0.4, 0.5) is 0 Å². The standard InChI is InChI=1S/C3H7O.2ClH.Ti/c1-2-3-4;;;/h2-3H2,1H3;2*1H;/q-1;;;+1. The zero-order chi connectivity index (χ0) is 4.12. The minimum Gasteiger partial charge on any atom is -0.147 e. The third-order valence-corrected chi connectivity index (χ3v) is 0.625. The maximum absolute atomic E-state index is 4.69. The molecule has 0 aliphatic carbocycles. The van der Waals surface area contributed by atoms with Crippen molar-refractivity contribution < 1.29 is 24.1 Å². The van der Waals surface area contributed by atoms with Crippen LogP contribution in [-0.2, 0) is 24.1 Å². The van der Waals surface area contributed by atoms with Gasteiger partial charge in [0, 0.05) is 0 Å². The van der Waals surface area contributed by atoms with E-state index in [9.17, 15) is 0 Å². The van der Waals surface area contributed by atoms with E-state index in [1.165, 1.54) is 0 Å². The maximum Gasteiger partial charge on any atom is -0.147 e. The van der Waals surface area contributed by atoms with E-state index < -0.39 is 0 Å². The van der Waals surface area contributed by atoms with Crippen LogP contribution in [0.3, 0.4) is 0 Å². The monoisotopic (exact) mass is 179 g/mol. The Morgan fingerprint density at radius 1 is 1.43 bits per heavy atom. The Balaban J connectivity index is -0.0000000800. The second kappa shape index (κ2) is 15.7. The van der Waals surface area contributed by atoms with Gasteiger partial charge in [0.15, 0.2) is 0 Å². The van der Waals surface area contributed by atoms with Crippen molar-refractivity contribution >= 4 is 24.8 Å². The molecule has 0 radical (unpaired) electrons. The average molecular weight is 180 g/mol. The fraction of sp³-hybridized carbons (Fsp3) is 1.00. The Kier molecular flexibility index (Phi) is 35.2. The summed E-state index contributed by atoms with van der Waals surface area (Å²) in [5, 5.41) is 0. The van der Waals surface area contributed by atoms with Crippen LogP contribution in [0.15, 0.2) is 0 Å². The molecule has 0 atom stereocenters. The van der Waals surface area contributed by atoms with E-state index in [4.69, 9.17) is 3.32 Å². The molecule has 0 N–H and O–H groups in total. The molecular weight excluding hydrogens is 171 g/mol. The van der Waals surface area contributed by atoms with E-state index in [-0.39, 0.29) is 24.8 Å². The van der Waals surface area contributed by atoms with Crippen LogP contribution in [0.1, 0.15) is 13.3 Å². The van der Waals surface area contributed by atoms with Gasteiger partial charge < -0.3 is 0 Å². The largest absolute Gasteiger partial charge is 0.147 e. The summed E-state index contributed by atoms with van der Waals surface area (Å²) < 4.78 is 4.69. The van der Waals surface area contributed by atoms with E-state index in [2.05, 4.69) is 6.92 Å². The molecule has 7 heavy (non-hydrogen) atoms. The first-order chi connectivity index (χ1) is 2.41. The summed E-state index contributed by atoms with van der Waals surface area (Å²) in [6, 6.07) is 0. The molecule has 0 rings (SSSR count). The van der Waals surface area contributed by atoms with Gasteiger partial charge in [0.05, 0.1) is 0 Å². The molecule has 0 aromatic rings. The van der Waals surface area contributed by atoms with Crippen molar-refractivity contribution in [2.24, 2.45) is 0 Å². The SMILES string of the molecule is CCC[O][Ti].Cl.Cl. The van der Waals surface area contributed by atoms with Crippen LogP contribution in [0.25, 0.3) is 0 Å². The number of halogens is 2. The molecule has 0 heterocycles. The third-order valence-electron chi connectivity index (χ3n) is 0.306. The van der Waals surface area contributed by atoms with Crippen LogP contribution >= 0.6 is 24.8 Å². The van der Waals surface area contributed by atoms with Gasteiger partial charge in [0.25, 0.3) is 0 Å². The van der Waals surface area contributed by atoms with Crippen LogP contribution in [-0.4, -0.2) is 6.61 Å². The Labute approximate surface area is 68.9 Å². The zero-order valence-electron chi connectivity index (χ0n) is 4.14. The summed E-state index contributed by atoms with van der Waals surface area (Å²) in [5.74, 6) is 0. The molecule has 0 aliphatic rings. The molecule has 0 bridgehead atoms. The summed E-state index contributed by atoms with van der Waals surface area (Å²) in [6.45, 7) is 2.98. The molecule has 1 nitrogen and oxygen atoms in total. The minimum atomic E-state index is 0. The Hall–Kier alpha value is 1.25. The van der Waals surface area contributed by atoms with Gasteiger partial charge in [-0.2, -0.15) is 0 Å². The smallest absolute Gasteiger partial charge is 0.147 e. The molecule has 0 aromatic heterocycles. The number of hydrogen-bond donors (Lipinski definition) is 0. The van der Waals surface area contributed by atoms with E-state index in [1.54, 1.807) is 20.8 Å². The fourth-order valence-electron chi connectivity index (χ4n) is 0.102. The van der Waals surface area contributed by atoms with Gasteiger partial charge >= 0.3 is 44.1 Å². The van der Waals surface area contributed by atoms with E-state index in [0.717, 1.165) is 13.0 Å². The maximum atomic E-state index is 4.69. The first kappa shape index (κ1) is 15.7. The predicted octanol–water partition coefficient (Wildman–Crippen LogP) is 1.72. The molecular formula is C3H9Cl2OTi. The summed E-state index contributed by atoms with van der Waals surface area (Å²) >= 11 is 1.71. The van der Waals surface area contributed by atoms with Gasteiger partial charge in [0.1, 0.15) is 0 Å². The molecule has 0 amide bonds. The van der Waals surface area contributed by atoms with Crippen molar-refractivity contribution in [1.82, 2.24) is 0 Å². The molecule has 0 aromatic carbocycles. The molecule has 45 valence electrons. The number of rotatable bonds is 2. The Morgan fingerprint density at radius 2 is 1.86 bits per heavy atom. The van der Waals surface area contributed by atoms with Crippen molar-refractivity contribution in [3.63, 3.8) is 0 Å². The minimum absolute atomic E-state index is 0. The fourth-order valence-corrected chi connectivity index (χ4v) is 0.421. The van der Waals surface area contributed by atoms with Gasteiger partial charge in [-0.05, 0) is 0 Å². The summed E-state index contributed by atoms with van der Waals surface area (Å²) in [6.07, 6.45) is 1.12. The molecule has 0 unspecified atom stereocenters. The summed E-state index contributed by atoms with van der Waals surface area (Å²) in [4.78, 5) is 0. The molecule has 4 heteroatoms. The topological polar surface area (TPSA) is 9.23 Å². The van der Waals surface area contributed by atoms with Gasteiger partial charge in [0.2, 0.25) is 0 Å². The first-order valence-corrected chi connectivity index (χ1v) is 2.34. The van der Waals surface area contributed by atoms with Crippen molar-refractivity contribution in [3.8, 4) is 0 Å². The summed E-state index contributed by atoms with van der Waals surface area (Å²) in [7, 11) is 0. The zero-order valence-corrected chi connectivity index (χ0v) is 7.33. The van der Waals surface area contributed by atoms with Crippen LogP contribution in [0.2, 0.25) is 0 Å². The third kappa shape index (κ3) is 18.9.